The number of aliphatic hydroxyl groups excluding tert-OH is 1. The van der Waals surface area contributed by atoms with Crippen LogP contribution in [-0.2, 0) is 14.9 Å². The van der Waals surface area contributed by atoms with Gasteiger partial charge < -0.3 is 14.4 Å². The molecule has 0 aromatic carbocycles. The van der Waals surface area contributed by atoms with E-state index in [9.17, 15) is 13.0 Å². The van der Waals surface area contributed by atoms with Gasteiger partial charge in [0.1, 0.15) is 10.1 Å². The first kappa shape index (κ1) is 10.8. The Bertz CT molecular complexity index is 185. The lowest BCUT2D eigenvalue weighted by Gasteiger charge is -2.14. The van der Waals surface area contributed by atoms with E-state index in [1.54, 1.807) is 0 Å². The summed E-state index contributed by atoms with van der Waals surface area (Å²) in [6.07, 6.45) is 0.714. The van der Waals surface area contributed by atoms with Crippen LogP contribution < -0.4 is 0 Å². The smallest absolute Gasteiger partial charge is 0.166 e. The third-order valence-electron chi connectivity index (χ3n) is 0.942. The Kier molecular flexibility index (Phi) is 4.58. The van der Waals surface area contributed by atoms with E-state index in [0.717, 1.165) is 0 Å². The molecule has 0 saturated carbocycles. The van der Waals surface area contributed by atoms with Crippen molar-refractivity contribution < 1.29 is 22.8 Å². The van der Waals surface area contributed by atoms with Crippen molar-refractivity contribution >= 4 is 10.1 Å². The average molecular weight is 183 g/mol. The molecule has 0 fully saturated rings. The number of hydrogen-bond acceptors (Lipinski definition) is 5. The molecule has 68 valence electrons. The molecule has 0 aromatic rings. The van der Waals surface area contributed by atoms with Gasteiger partial charge in [0.2, 0.25) is 0 Å². The molecule has 0 aromatic heterocycles. The predicted molar refractivity (Wildman–Crippen MR) is 36.8 cm³/mol. The molecule has 0 aliphatic heterocycles. The molecular weight excluding hydrogens is 172 g/mol. The molecule has 1 atom stereocenters. The first-order chi connectivity index (χ1) is 4.98. The van der Waals surface area contributed by atoms with Crippen LogP contribution in [0.15, 0.2) is 0 Å². The average Bonchev–Trinajstić information content (AvgIpc) is 1.86. The summed E-state index contributed by atoms with van der Waals surface area (Å²) in [6.45, 7) is 1.73. The van der Waals surface area contributed by atoms with Crippen molar-refractivity contribution in [3.63, 3.8) is 0 Å². The molecule has 0 aliphatic carbocycles. The monoisotopic (exact) mass is 183 g/mol. The highest BCUT2D eigenvalue weighted by Gasteiger charge is 2.10. The van der Waals surface area contributed by atoms with E-state index < -0.39 is 22.2 Å². The summed E-state index contributed by atoms with van der Waals surface area (Å²) in [5, 5.41) is 8.59. The third kappa shape index (κ3) is 5.14. The minimum absolute atomic E-state index is 0.340. The molecule has 0 amide bonds. The van der Waals surface area contributed by atoms with Crippen LogP contribution in [0, 0.1) is 0 Å². The largest absolute Gasteiger partial charge is 0.746 e. The predicted octanol–water partition coefficient (Wildman–Crippen LogP) is -0.723. The normalized spacial score (nSPS) is 14.8. The van der Waals surface area contributed by atoms with Crippen LogP contribution in [-0.4, -0.2) is 36.7 Å². The summed E-state index contributed by atoms with van der Waals surface area (Å²) >= 11 is 0. The van der Waals surface area contributed by atoms with E-state index in [-0.39, 0.29) is 0 Å². The highest BCUT2D eigenvalue weighted by Crippen LogP contribution is 1.94. The van der Waals surface area contributed by atoms with Gasteiger partial charge in [-0.2, -0.15) is 0 Å². The molecular formula is C5H11O5S-. The van der Waals surface area contributed by atoms with Gasteiger partial charge in [0.25, 0.3) is 0 Å². The van der Waals surface area contributed by atoms with Gasteiger partial charge in [-0.05, 0) is 6.42 Å². The van der Waals surface area contributed by atoms with E-state index in [2.05, 4.69) is 4.74 Å². The van der Waals surface area contributed by atoms with Crippen molar-refractivity contribution in [3.05, 3.63) is 0 Å². The summed E-state index contributed by atoms with van der Waals surface area (Å²) in [5.74, 6) is 0. The molecule has 5 nitrogen and oxygen atoms in total. The van der Waals surface area contributed by atoms with Crippen LogP contribution >= 0.6 is 0 Å². The fraction of sp³-hybridized carbons (Fsp3) is 1.00. The van der Waals surface area contributed by atoms with Crippen molar-refractivity contribution in [1.29, 1.82) is 0 Å². The maximum Gasteiger partial charge on any atom is 0.166 e. The highest BCUT2D eigenvalue weighted by atomic mass is 32.2. The molecule has 0 aliphatic rings. The summed E-state index contributed by atoms with van der Waals surface area (Å²) in [7, 11) is -4.60. The van der Waals surface area contributed by atoms with Crippen molar-refractivity contribution in [1.82, 2.24) is 0 Å². The van der Waals surface area contributed by atoms with E-state index in [4.69, 9.17) is 5.11 Å². The number of ether oxygens (including phenoxy) is 1. The number of aliphatic hydroxyl groups is 1. The van der Waals surface area contributed by atoms with Crippen LogP contribution in [0.3, 0.4) is 0 Å². The Morgan fingerprint density at radius 3 is 2.55 bits per heavy atom. The SMILES string of the molecule is CCCOCC(O)S(=O)(=O)[O-]. The highest BCUT2D eigenvalue weighted by molar-refractivity contribution is 7.86. The lowest BCUT2D eigenvalue weighted by Crippen LogP contribution is -2.25. The molecule has 1 unspecified atom stereocenters. The lowest BCUT2D eigenvalue weighted by atomic mass is 10.5. The minimum atomic E-state index is -4.60. The zero-order chi connectivity index (χ0) is 8.91. The Balaban J connectivity index is 3.62. The van der Waals surface area contributed by atoms with Gasteiger partial charge in [-0.1, -0.05) is 6.92 Å². The topological polar surface area (TPSA) is 86.7 Å². The second-order valence-corrected chi connectivity index (χ2v) is 3.55. The maximum absolute atomic E-state index is 10.0. The van der Waals surface area contributed by atoms with Gasteiger partial charge in [0, 0.05) is 6.61 Å². The summed E-state index contributed by atoms with van der Waals surface area (Å²) in [6, 6.07) is 0. The first-order valence-corrected chi connectivity index (χ1v) is 4.66. The zero-order valence-electron chi connectivity index (χ0n) is 6.19. The molecule has 11 heavy (non-hydrogen) atoms. The summed E-state index contributed by atoms with van der Waals surface area (Å²) in [4.78, 5) is 0. The number of hydrogen-bond donors (Lipinski definition) is 1. The molecule has 0 radical (unpaired) electrons. The second kappa shape index (κ2) is 4.66. The quantitative estimate of drug-likeness (QED) is 0.449. The van der Waals surface area contributed by atoms with Gasteiger partial charge in [0.15, 0.2) is 5.44 Å². The molecule has 6 heteroatoms. The second-order valence-electron chi connectivity index (χ2n) is 2.02. The van der Waals surface area contributed by atoms with Gasteiger partial charge in [-0.25, -0.2) is 8.42 Å². The third-order valence-corrected chi connectivity index (χ3v) is 1.74. The van der Waals surface area contributed by atoms with Crippen molar-refractivity contribution in [2.45, 2.75) is 18.8 Å². The van der Waals surface area contributed by atoms with Crippen LogP contribution in [0.5, 0.6) is 0 Å². The van der Waals surface area contributed by atoms with Crippen LogP contribution in [0.1, 0.15) is 13.3 Å². The standard InChI is InChI=1S/C5H12O5S/c1-2-3-10-4-5(6)11(7,8)9/h5-6H,2-4H2,1H3,(H,7,8,9)/p-1. The molecule has 0 saturated heterocycles. The van der Waals surface area contributed by atoms with Gasteiger partial charge in [-0.15, -0.1) is 0 Å². The van der Waals surface area contributed by atoms with Crippen LogP contribution in [0.2, 0.25) is 0 Å². The Morgan fingerprint density at radius 1 is 1.64 bits per heavy atom. The lowest BCUT2D eigenvalue weighted by molar-refractivity contribution is 0.0694. The molecule has 0 bridgehead atoms. The Morgan fingerprint density at radius 2 is 2.18 bits per heavy atom. The van der Waals surface area contributed by atoms with E-state index in [1.807, 2.05) is 6.92 Å². The van der Waals surface area contributed by atoms with Crippen molar-refractivity contribution in [3.8, 4) is 0 Å². The van der Waals surface area contributed by atoms with Crippen molar-refractivity contribution in [2.75, 3.05) is 13.2 Å². The van der Waals surface area contributed by atoms with E-state index in [1.165, 1.54) is 0 Å². The maximum atomic E-state index is 10.0. The fourth-order valence-electron chi connectivity index (χ4n) is 0.412. The Hall–Kier alpha value is -0.170. The van der Waals surface area contributed by atoms with Gasteiger partial charge in [0.05, 0.1) is 6.61 Å². The fourth-order valence-corrected chi connectivity index (χ4v) is 0.675. The summed E-state index contributed by atoms with van der Waals surface area (Å²) < 4.78 is 34.8. The molecule has 0 rings (SSSR count). The zero-order valence-corrected chi connectivity index (χ0v) is 7.00. The molecule has 0 spiro atoms. The summed E-state index contributed by atoms with van der Waals surface area (Å²) in [5.41, 5.74) is -1.94. The van der Waals surface area contributed by atoms with Crippen LogP contribution in [0.25, 0.3) is 0 Å². The van der Waals surface area contributed by atoms with E-state index >= 15 is 0 Å². The molecule has 1 N–H and O–H groups in total. The van der Waals surface area contributed by atoms with Gasteiger partial charge >= 0.3 is 0 Å². The first-order valence-electron chi connectivity index (χ1n) is 3.19. The van der Waals surface area contributed by atoms with Crippen molar-refractivity contribution in [2.24, 2.45) is 0 Å². The van der Waals surface area contributed by atoms with Gasteiger partial charge in [-0.3, -0.25) is 0 Å². The Labute approximate surface area is 65.7 Å². The van der Waals surface area contributed by atoms with Crippen LogP contribution in [0.4, 0.5) is 0 Å². The number of rotatable bonds is 5. The van der Waals surface area contributed by atoms with E-state index in [0.29, 0.717) is 13.0 Å². The minimum Gasteiger partial charge on any atom is -0.746 e. The molecule has 0 heterocycles.